The van der Waals surface area contributed by atoms with E-state index in [4.69, 9.17) is 22.7 Å². The van der Waals surface area contributed by atoms with Gasteiger partial charge in [0, 0.05) is 5.56 Å². The molecule has 1 aromatic carbocycles. The van der Waals surface area contributed by atoms with E-state index in [2.05, 4.69) is 12.6 Å². The summed E-state index contributed by atoms with van der Waals surface area (Å²) in [6.45, 7) is 0. The van der Waals surface area contributed by atoms with Crippen LogP contribution in [0.2, 0.25) is 0 Å². The smallest absolute Gasteiger partial charge is 0.0992 e. The molecule has 0 aliphatic heterocycles. The molecule has 62 valence electrons. The Bertz CT molecular complexity index is 406. The van der Waals surface area contributed by atoms with Crippen LogP contribution in [-0.2, 0) is 0 Å². The predicted molar refractivity (Wildman–Crippen MR) is 56.6 cm³/mol. The second-order valence-corrected chi connectivity index (χ2v) is 3.49. The minimum Gasteiger partial charge on any atom is -0.192 e. The van der Waals surface area contributed by atoms with Gasteiger partial charge in [0.1, 0.15) is 0 Å². The fraction of sp³-hybridized carbons (Fsp3) is 0. The third kappa shape index (κ3) is 2.29. The molecule has 0 spiro atoms. The van der Waals surface area contributed by atoms with Crippen molar-refractivity contribution in [3.63, 3.8) is 0 Å². The maximum atomic E-state index is 8.64. The van der Waals surface area contributed by atoms with Gasteiger partial charge in [-0.05, 0) is 18.2 Å². The molecule has 0 radical (unpaired) electrons. The van der Waals surface area contributed by atoms with Gasteiger partial charge in [0.15, 0.2) is 0 Å². The molecule has 0 unspecified atom stereocenters. The number of rotatable bonds is 1. The highest BCUT2D eigenvalue weighted by atomic mass is 32.1. The summed E-state index contributed by atoms with van der Waals surface area (Å²) >= 11 is 8.79. The van der Waals surface area contributed by atoms with Crippen LogP contribution in [0.25, 0.3) is 0 Å². The fourth-order valence-corrected chi connectivity index (χ4v) is 1.13. The van der Waals surface area contributed by atoms with Crippen LogP contribution < -0.4 is 0 Å². The van der Waals surface area contributed by atoms with E-state index in [-0.39, 0.29) is 0 Å². The Morgan fingerprint density at radius 1 is 1.15 bits per heavy atom. The Hall–Kier alpha value is -1.36. The maximum absolute atomic E-state index is 8.64. The van der Waals surface area contributed by atoms with Crippen molar-refractivity contribution >= 4 is 29.0 Å². The largest absolute Gasteiger partial charge is 0.192 e. The van der Waals surface area contributed by atoms with E-state index in [1.807, 2.05) is 12.1 Å². The van der Waals surface area contributed by atoms with E-state index < -0.39 is 0 Å². The zero-order valence-corrected chi connectivity index (χ0v) is 8.19. The highest BCUT2D eigenvalue weighted by Gasteiger charge is 2.01. The quantitative estimate of drug-likeness (QED) is 0.562. The summed E-state index contributed by atoms with van der Waals surface area (Å²) in [4.78, 5) is 0. The Morgan fingerprint density at radius 2 is 1.62 bits per heavy atom. The summed E-state index contributed by atoms with van der Waals surface area (Å²) in [6, 6.07) is 8.63. The fourth-order valence-electron chi connectivity index (χ4n) is 0.880. The first-order chi connectivity index (χ1) is 6.17. The summed E-state index contributed by atoms with van der Waals surface area (Å²) in [7, 11) is 0. The van der Waals surface area contributed by atoms with Gasteiger partial charge in [0.25, 0.3) is 0 Å². The molecular weight excluding hydrogens is 200 g/mol. The van der Waals surface area contributed by atoms with E-state index in [1.165, 1.54) is 6.07 Å². The molecule has 0 amide bonds. The molecule has 1 rings (SSSR count). The summed E-state index contributed by atoms with van der Waals surface area (Å²) in [5.41, 5.74) is 1.48. The van der Waals surface area contributed by atoms with E-state index in [0.29, 0.717) is 20.9 Å². The molecule has 2 nitrogen and oxygen atoms in total. The van der Waals surface area contributed by atoms with Crippen LogP contribution in [0.15, 0.2) is 18.2 Å². The minimum atomic E-state index is 0.383. The molecule has 4 heteroatoms. The van der Waals surface area contributed by atoms with Crippen LogP contribution in [-0.4, -0.2) is 4.20 Å². The zero-order valence-electron chi connectivity index (χ0n) is 6.48. The normalized spacial score (nSPS) is 8.54. The van der Waals surface area contributed by atoms with Crippen LogP contribution in [0.4, 0.5) is 0 Å². The SMILES string of the molecule is N#Cc1cc(C#N)cc(C(=S)S)c1. The second kappa shape index (κ2) is 4.04. The van der Waals surface area contributed by atoms with Crippen LogP contribution in [0.5, 0.6) is 0 Å². The van der Waals surface area contributed by atoms with Crippen molar-refractivity contribution in [1.29, 1.82) is 10.5 Å². The highest BCUT2D eigenvalue weighted by Crippen LogP contribution is 2.11. The first-order valence-corrected chi connectivity index (χ1v) is 4.21. The van der Waals surface area contributed by atoms with Crippen LogP contribution in [0.1, 0.15) is 16.7 Å². The number of nitriles is 2. The third-order valence-corrected chi connectivity index (χ3v) is 1.93. The van der Waals surface area contributed by atoms with Gasteiger partial charge in [-0.3, -0.25) is 0 Å². The third-order valence-electron chi connectivity index (χ3n) is 1.44. The average Bonchev–Trinajstić information content (AvgIpc) is 2.16. The lowest BCUT2D eigenvalue weighted by molar-refractivity contribution is 1.44. The molecule has 1 aromatic rings. The number of benzene rings is 1. The molecule has 0 aromatic heterocycles. The first-order valence-electron chi connectivity index (χ1n) is 3.36. The predicted octanol–water partition coefficient (Wildman–Crippen LogP) is 2.04. The van der Waals surface area contributed by atoms with Crippen molar-refractivity contribution in [3.05, 3.63) is 34.9 Å². The molecule has 0 bridgehead atoms. The van der Waals surface area contributed by atoms with Gasteiger partial charge in [-0.25, -0.2) is 0 Å². The summed E-state index contributed by atoms with van der Waals surface area (Å²) < 4.78 is 0.383. The van der Waals surface area contributed by atoms with Gasteiger partial charge >= 0.3 is 0 Å². The van der Waals surface area contributed by atoms with Crippen molar-refractivity contribution in [2.45, 2.75) is 0 Å². The Labute approximate surface area is 86.8 Å². The van der Waals surface area contributed by atoms with Crippen molar-refractivity contribution < 1.29 is 0 Å². The van der Waals surface area contributed by atoms with Crippen LogP contribution in [0, 0.1) is 22.7 Å². The summed E-state index contributed by atoms with van der Waals surface area (Å²) in [5, 5.41) is 17.3. The molecule has 0 N–H and O–H groups in total. The Kier molecular flexibility index (Phi) is 3.02. The molecule has 0 heterocycles. The number of nitrogens with zero attached hydrogens (tertiary/aromatic N) is 2. The van der Waals surface area contributed by atoms with Gasteiger partial charge < -0.3 is 0 Å². The minimum absolute atomic E-state index is 0.383. The molecule has 0 aliphatic carbocycles. The van der Waals surface area contributed by atoms with Crippen LogP contribution >= 0.6 is 24.8 Å². The van der Waals surface area contributed by atoms with Gasteiger partial charge in [-0.15, -0.1) is 12.6 Å². The van der Waals surface area contributed by atoms with Crippen LogP contribution in [0.3, 0.4) is 0 Å². The number of thiocarbonyl (C=S) groups is 1. The number of thiol groups is 1. The van der Waals surface area contributed by atoms with E-state index >= 15 is 0 Å². The maximum Gasteiger partial charge on any atom is 0.0992 e. The molecule has 13 heavy (non-hydrogen) atoms. The second-order valence-electron chi connectivity index (χ2n) is 2.33. The summed E-state index contributed by atoms with van der Waals surface area (Å²) in [6.07, 6.45) is 0. The van der Waals surface area contributed by atoms with Gasteiger partial charge in [0.2, 0.25) is 0 Å². The van der Waals surface area contributed by atoms with E-state index in [0.717, 1.165) is 0 Å². The average molecular weight is 204 g/mol. The number of hydrogen-bond donors (Lipinski definition) is 1. The first kappa shape index (κ1) is 9.73. The lowest BCUT2D eigenvalue weighted by Crippen LogP contribution is -1.90. The van der Waals surface area contributed by atoms with Crippen molar-refractivity contribution in [2.75, 3.05) is 0 Å². The monoisotopic (exact) mass is 204 g/mol. The Balaban J connectivity index is 3.35. The van der Waals surface area contributed by atoms with Crippen molar-refractivity contribution in [1.82, 2.24) is 0 Å². The zero-order chi connectivity index (χ0) is 9.84. The van der Waals surface area contributed by atoms with Gasteiger partial charge in [-0.1, -0.05) is 12.2 Å². The van der Waals surface area contributed by atoms with E-state index in [1.54, 1.807) is 12.1 Å². The van der Waals surface area contributed by atoms with E-state index in [9.17, 15) is 0 Å². The Morgan fingerprint density at radius 3 is 1.92 bits per heavy atom. The highest BCUT2D eigenvalue weighted by molar-refractivity contribution is 8.11. The lowest BCUT2D eigenvalue weighted by Gasteiger charge is -1.98. The lowest BCUT2D eigenvalue weighted by atomic mass is 10.1. The van der Waals surface area contributed by atoms with Gasteiger partial charge in [-0.2, -0.15) is 10.5 Å². The molecule has 0 fully saturated rings. The molecule has 0 aliphatic rings. The summed E-state index contributed by atoms with van der Waals surface area (Å²) in [5.74, 6) is 0. The van der Waals surface area contributed by atoms with Gasteiger partial charge in [0.05, 0.1) is 27.5 Å². The molecule has 0 saturated heterocycles. The standard InChI is InChI=1S/C9H4N2S2/c10-4-6-1-7(5-11)3-8(2-6)9(12)13/h1-3H,(H,12,13). The number of hydrogen-bond acceptors (Lipinski definition) is 3. The van der Waals surface area contributed by atoms with Crippen molar-refractivity contribution in [3.8, 4) is 12.1 Å². The molecular formula is C9H4N2S2. The molecule has 0 saturated carbocycles. The van der Waals surface area contributed by atoms with Crippen molar-refractivity contribution in [2.24, 2.45) is 0 Å². The topological polar surface area (TPSA) is 47.6 Å². The molecule has 0 atom stereocenters.